The highest BCUT2D eigenvalue weighted by Crippen LogP contribution is 2.27. The summed E-state index contributed by atoms with van der Waals surface area (Å²) < 4.78 is 6.59. The van der Waals surface area contributed by atoms with Crippen molar-refractivity contribution in [3.05, 3.63) is 32.6 Å². The van der Waals surface area contributed by atoms with Gasteiger partial charge < -0.3 is 20.4 Å². The molecule has 0 spiro atoms. The molecular formula is C12H17N3O5. The number of hydrogen-bond acceptors (Lipinski definition) is 6. The number of rotatable bonds is 5. The smallest absolute Gasteiger partial charge is 0.330 e. The minimum Gasteiger partial charge on any atom is -0.394 e. The lowest BCUT2D eigenvalue weighted by Crippen LogP contribution is -2.34. The van der Waals surface area contributed by atoms with Crippen molar-refractivity contribution in [1.29, 1.82) is 5.41 Å². The number of aliphatic hydroxyl groups is 2. The lowest BCUT2D eigenvalue weighted by Gasteiger charge is -2.15. The zero-order valence-corrected chi connectivity index (χ0v) is 10.8. The van der Waals surface area contributed by atoms with Gasteiger partial charge in [-0.1, -0.05) is 0 Å². The number of aryl methyl sites for hydroxylation is 1. The number of aromatic amines is 1. The van der Waals surface area contributed by atoms with Gasteiger partial charge in [0, 0.05) is 18.2 Å². The van der Waals surface area contributed by atoms with Crippen molar-refractivity contribution >= 4 is 6.21 Å². The van der Waals surface area contributed by atoms with Gasteiger partial charge in [0.15, 0.2) is 0 Å². The summed E-state index contributed by atoms with van der Waals surface area (Å²) in [5.41, 5.74) is -0.728. The molecule has 0 unspecified atom stereocenters. The predicted molar refractivity (Wildman–Crippen MR) is 70.0 cm³/mol. The first-order valence-corrected chi connectivity index (χ1v) is 6.34. The molecular weight excluding hydrogens is 266 g/mol. The molecule has 0 aromatic carbocycles. The molecule has 0 saturated carbocycles. The van der Waals surface area contributed by atoms with Crippen molar-refractivity contribution < 1.29 is 14.9 Å². The van der Waals surface area contributed by atoms with Gasteiger partial charge in [-0.3, -0.25) is 14.3 Å². The average molecular weight is 283 g/mol. The number of H-pyrrole nitrogens is 1. The summed E-state index contributed by atoms with van der Waals surface area (Å²) in [6, 6.07) is 0. The molecule has 2 heterocycles. The predicted octanol–water partition coefficient (Wildman–Crippen LogP) is -1.24. The maximum absolute atomic E-state index is 11.8. The van der Waals surface area contributed by atoms with Crippen LogP contribution in [0, 0.1) is 5.41 Å². The molecule has 20 heavy (non-hydrogen) atoms. The van der Waals surface area contributed by atoms with Crippen molar-refractivity contribution in [3.63, 3.8) is 0 Å². The van der Waals surface area contributed by atoms with Gasteiger partial charge in [0.2, 0.25) is 0 Å². The fourth-order valence-electron chi connectivity index (χ4n) is 2.20. The van der Waals surface area contributed by atoms with E-state index in [4.69, 9.17) is 15.3 Å². The Labute approximate surface area is 114 Å². The number of nitrogens with one attached hydrogen (secondary N) is 2. The summed E-state index contributed by atoms with van der Waals surface area (Å²) in [7, 11) is 0. The second-order valence-electron chi connectivity index (χ2n) is 4.68. The van der Waals surface area contributed by atoms with E-state index in [0.717, 1.165) is 0 Å². The molecule has 0 aliphatic carbocycles. The third-order valence-corrected chi connectivity index (χ3v) is 3.29. The number of hydrogen-bond donors (Lipinski definition) is 4. The lowest BCUT2D eigenvalue weighted by molar-refractivity contribution is -0.0459. The minimum absolute atomic E-state index is 0.168. The minimum atomic E-state index is -0.853. The molecule has 1 aromatic heterocycles. The normalized spacial score (nSPS) is 25.8. The second-order valence-corrected chi connectivity index (χ2v) is 4.68. The van der Waals surface area contributed by atoms with Crippen molar-refractivity contribution in [2.75, 3.05) is 6.61 Å². The standard InChI is InChI=1S/C12H17N3O5/c13-3-1-2-7-5-15(12(19)14-11(7)18)10-4-8(17)9(6-16)20-10/h3,5,8-10,13,16-17H,1-2,4,6H2,(H,14,18,19)/t8-,9+,10+/m0/s1. The molecule has 0 bridgehead atoms. The fraction of sp³-hybridized carbons (Fsp3) is 0.583. The highest BCUT2D eigenvalue weighted by atomic mass is 16.5. The molecule has 0 radical (unpaired) electrons. The highest BCUT2D eigenvalue weighted by molar-refractivity contribution is 5.53. The Morgan fingerprint density at radius 2 is 2.30 bits per heavy atom. The van der Waals surface area contributed by atoms with Gasteiger partial charge in [0.05, 0.1) is 12.7 Å². The first kappa shape index (κ1) is 14.6. The van der Waals surface area contributed by atoms with Crippen LogP contribution in [0.1, 0.15) is 24.6 Å². The SMILES string of the molecule is N=CCCc1cn([C@H]2C[C@H](O)[C@@H](CO)O2)c(=O)[nH]c1=O. The summed E-state index contributed by atoms with van der Waals surface area (Å²) in [6.45, 7) is -0.337. The van der Waals surface area contributed by atoms with E-state index in [1.54, 1.807) is 0 Å². The average Bonchev–Trinajstić information content (AvgIpc) is 2.79. The number of aliphatic hydroxyl groups excluding tert-OH is 2. The monoisotopic (exact) mass is 283 g/mol. The summed E-state index contributed by atoms with van der Waals surface area (Å²) in [5.74, 6) is 0. The number of aromatic nitrogens is 2. The van der Waals surface area contributed by atoms with Crippen LogP contribution in [0.15, 0.2) is 15.8 Å². The maximum atomic E-state index is 11.8. The Balaban J connectivity index is 2.30. The molecule has 1 aromatic rings. The molecule has 1 saturated heterocycles. The van der Waals surface area contributed by atoms with E-state index in [0.29, 0.717) is 18.4 Å². The first-order valence-electron chi connectivity index (χ1n) is 6.34. The van der Waals surface area contributed by atoms with E-state index in [1.165, 1.54) is 17.0 Å². The van der Waals surface area contributed by atoms with Crippen LogP contribution in [-0.2, 0) is 11.2 Å². The van der Waals surface area contributed by atoms with Crippen LogP contribution in [0.5, 0.6) is 0 Å². The van der Waals surface area contributed by atoms with E-state index < -0.39 is 29.7 Å². The summed E-state index contributed by atoms with van der Waals surface area (Å²) in [5, 5.41) is 25.7. The van der Waals surface area contributed by atoms with E-state index >= 15 is 0 Å². The molecule has 8 heteroatoms. The fourth-order valence-corrected chi connectivity index (χ4v) is 2.20. The molecule has 8 nitrogen and oxygen atoms in total. The zero-order valence-electron chi connectivity index (χ0n) is 10.8. The Bertz CT molecular complexity index is 593. The third-order valence-electron chi connectivity index (χ3n) is 3.29. The highest BCUT2D eigenvalue weighted by Gasteiger charge is 2.35. The van der Waals surface area contributed by atoms with Gasteiger partial charge in [-0.05, 0) is 19.1 Å². The van der Waals surface area contributed by atoms with Crippen LogP contribution in [0.2, 0.25) is 0 Å². The Kier molecular flexibility index (Phi) is 4.48. The van der Waals surface area contributed by atoms with Crippen molar-refractivity contribution in [1.82, 2.24) is 9.55 Å². The molecule has 110 valence electrons. The third kappa shape index (κ3) is 2.87. The Hall–Kier alpha value is -1.77. The molecule has 3 atom stereocenters. The summed E-state index contributed by atoms with van der Waals surface area (Å²) in [6.07, 6.45) is 1.19. The van der Waals surface area contributed by atoms with Crippen LogP contribution in [0.25, 0.3) is 0 Å². The maximum Gasteiger partial charge on any atom is 0.330 e. The van der Waals surface area contributed by atoms with Crippen molar-refractivity contribution in [2.45, 2.75) is 37.7 Å². The number of nitrogens with zero attached hydrogens (tertiary/aromatic N) is 1. The zero-order chi connectivity index (χ0) is 14.7. The molecule has 0 amide bonds. The molecule has 1 aliphatic rings. The lowest BCUT2D eigenvalue weighted by atomic mass is 10.2. The van der Waals surface area contributed by atoms with Gasteiger partial charge in [-0.25, -0.2) is 4.79 Å². The van der Waals surface area contributed by atoms with Crippen LogP contribution >= 0.6 is 0 Å². The van der Waals surface area contributed by atoms with Crippen LogP contribution in [0.3, 0.4) is 0 Å². The van der Waals surface area contributed by atoms with E-state index in [-0.39, 0.29) is 13.0 Å². The van der Waals surface area contributed by atoms with Gasteiger partial charge in [-0.2, -0.15) is 0 Å². The van der Waals surface area contributed by atoms with E-state index in [9.17, 15) is 14.7 Å². The van der Waals surface area contributed by atoms with Crippen LogP contribution in [-0.4, -0.2) is 44.8 Å². The molecule has 1 fully saturated rings. The quantitative estimate of drug-likeness (QED) is 0.502. The van der Waals surface area contributed by atoms with Gasteiger partial charge >= 0.3 is 5.69 Å². The van der Waals surface area contributed by atoms with E-state index in [2.05, 4.69) is 4.98 Å². The topological polar surface area (TPSA) is 128 Å². The largest absolute Gasteiger partial charge is 0.394 e. The summed E-state index contributed by atoms with van der Waals surface area (Å²) in [4.78, 5) is 25.6. The number of ether oxygens (including phenoxy) is 1. The van der Waals surface area contributed by atoms with Crippen molar-refractivity contribution in [2.24, 2.45) is 0 Å². The molecule has 4 N–H and O–H groups in total. The summed E-state index contributed by atoms with van der Waals surface area (Å²) >= 11 is 0. The van der Waals surface area contributed by atoms with Crippen LogP contribution < -0.4 is 11.2 Å². The van der Waals surface area contributed by atoms with Gasteiger partial charge in [0.1, 0.15) is 12.3 Å². The second kappa shape index (κ2) is 6.12. The first-order chi connectivity index (χ1) is 9.56. The van der Waals surface area contributed by atoms with Crippen LogP contribution in [0.4, 0.5) is 0 Å². The van der Waals surface area contributed by atoms with Gasteiger partial charge in [0.25, 0.3) is 5.56 Å². The Morgan fingerprint density at radius 1 is 1.55 bits per heavy atom. The van der Waals surface area contributed by atoms with Crippen molar-refractivity contribution in [3.8, 4) is 0 Å². The van der Waals surface area contributed by atoms with E-state index in [1.807, 2.05) is 0 Å². The molecule has 2 rings (SSSR count). The van der Waals surface area contributed by atoms with Gasteiger partial charge in [-0.15, -0.1) is 0 Å². The molecule has 1 aliphatic heterocycles. The Morgan fingerprint density at radius 3 is 2.90 bits per heavy atom.